The maximum absolute atomic E-state index is 5.30. The van der Waals surface area contributed by atoms with E-state index in [0.717, 1.165) is 38.3 Å². The van der Waals surface area contributed by atoms with E-state index in [4.69, 9.17) is 5.10 Å². The van der Waals surface area contributed by atoms with Crippen LogP contribution in [0, 0.1) is 6.92 Å². The third kappa shape index (κ3) is 3.52. The first kappa shape index (κ1) is 21.6. The van der Waals surface area contributed by atoms with Crippen molar-refractivity contribution < 1.29 is 0 Å². The second kappa shape index (κ2) is 8.69. The Morgan fingerprint density at radius 2 is 1.71 bits per heavy atom. The van der Waals surface area contributed by atoms with Crippen LogP contribution in [0.3, 0.4) is 0 Å². The number of anilines is 1. The number of aryl methyl sites for hydroxylation is 3. The molecule has 0 atom stereocenters. The fourth-order valence-electron chi connectivity index (χ4n) is 5.43. The minimum Gasteiger partial charge on any atom is -0.361 e. The summed E-state index contributed by atoms with van der Waals surface area (Å²) in [5, 5.41) is 6.53. The lowest BCUT2D eigenvalue weighted by Gasteiger charge is -2.27. The molecule has 1 aliphatic heterocycles. The quantitative estimate of drug-likeness (QED) is 0.358. The van der Waals surface area contributed by atoms with Gasteiger partial charge < -0.3 is 9.88 Å². The Morgan fingerprint density at radius 1 is 0.943 bits per heavy atom. The van der Waals surface area contributed by atoms with Gasteiger partial charge in [0, 0.05) is 60.1 Å². The standard InChI is InChI=1S/C29H30N6/c1-4-20-8-6-9-21(5-2)27(20)35-28(23-11-10-19(3)26-22(23)12-16-30-26)24-18-34(17-13-25(24)33-35)29-31-14-7-15-32-29/h6-12,14-16,30H,4-5,13,17-18H2,1-3H3. The van der Waals surface area contributed by atoms with Gasteiger partial charge in [-0.2, -0.15) is 5.10 Å². The van der Waals surface area contributed by atoms with E-state index in [0.29, 0.717) is 0 Å². The van der Waals surface area contributed by atoms with Crippen LogP contribution in [0.2, 0.25) is 0 Å². The van der Waals surface area contributed by atoms with Crippen molar-refractivity contribution in [1.29, 1.82) is 0 Å². The maximum atomic E-state index is 5.30. The van der Waals surface area contributed by atoms with Gasteiger partial charge in [0.25, 0.3) is 0 Å². The van der Waals surface area contributed by atoms with Crippen molar-refractivity contribution in [2.24, 2.45) is 0 Å². The fraction of sp³-hybridized carbons (Fsp3) is 0.276. The van der Waals surface area contributed by atoms with E-state index in [-0.39, 0.29) is 0 Å². The largest absolute Gasteiger partial charge is 0.361 e. The number of fused-ring (bicyclic) bond motifs is 2. The number of nitrogens with one attached hydrogen (secondary N) is 1. The molecular weight excluding hydrogens is 432 g/mol. The monoisotopic (exact) mass is 462 g/mol. The van der Waals surface area contributed by atoms with E-state index in [1.807, 2.05) is 24.7 Å². The van der Waals surface area contributed by atoms with Crippen LogP contribution in [0.5, 0.6) is 0 Å². The summed E-state index contributed by atoms with van der Waals surface area (Å²) in [6, 6.07) is 15.2. The smallest absolute Gasteiger partial charge is 0.225 e. The van der Waals surface area contributed by atoms with Crippen molar-refractivity contribution >= 4 is 16.9 Å². The van der Waals surface area contributed by atoms with Crippen LogP contribution in [0.1, 0.15) is 41.8 Å². The van der Waals surface area contributed by atoms with Gasteiger partial charge in [-0.15, -0.1) is 0 Å². The summed E-state index contributed by atoms with van der Waals surface area (Å²) in [4.78, 5) is 14.8. The lowest BCUT2D eigenvalue weighted by atomic mass is 9.96. The lowest BCUT2D eigenvalue weighted by Crippen LogP contribution is -2.31. The summed E-state index contributed by atoms with van der Waals surface area (Å²) < 4.78 is 2.24. The summed E-state index contributed by atoms with van der Waals surface area (Å²) in [5.41, 5.74) is 11.1. The Bertz CT molecular complexity index is 1490. The fourth-order valence-corrected chi connectivity index (χ4v) is 5.43. The van der Waals surface area contributed by atoms with Gasteiger partial charge in [0.2, 0.25) is 5.95 Å². The zero-order valence-electron chi connectivity index (χ0n) is 20.5. The first-order valence-corrected chi connectivity index (χ1v) is 12.5. The van der Waals surface area contributed by atoms with E-state index < -0.39 is 0 Å². The number of para-hydroxylation sites is 1. The molecule has 1 N–H and O–H groups in total. The zero-order valence-corrected chi connectivity index (χ0v) is 20.5. The summed E-state index contributed by atoms with van der Waals surface area (Å²) in [6.45, 7) is 8.21. The highest BCUT2D eigenvalue weighted by atomic mass is 15.3. The molecule has 2 aromatic carbocycles. The average Bonchev–Trinajstić information content (AvgIpc) is 3.55. The number of nitrogens with zero attached hydrogens (tertiary/aromatic N) is 5. The number of benzene rings is 2. The Kier molecular flexibility index (Phi) is 5.36. The van der Waals surface area contributed by atoms with Crippen LogP contribution < -0.4 is 4.90 Å². The summed E-state index contributed by atoms with van der Waals surface area (Å²) in [7, 11) is 0. The van der Waals surface area contributed by atoms with Crippen molar-refractivity contribution in [3.63, 3.8) is 0 Å². The molecule has 0 bridgehead atoms. The highest BCUT2D eigenvalue weighted by Crippen LogP contribution is 2.39. The number of hydrogen-bond acceptors (Lipinski definition) is 4. The molecule has 0 saturated carbocycles. The minimum atomic E-state index is 0.740. The normalized spacial score (nSPS) is 13.4. The predicted molar refractivity (Wildman–Crippen MR) is 141 cm³/mol. The Labute approximate surface area is 205 Å². The highest BCUT2D eigenvalue weighted by molar-refractivity contribution is 5.97. The molecule has 6 heteroatoms. The van der Waals surface area contributed by atoms with Gasteiger partial charge in [-0.25, -0.2) is 14.6 Å². The molecule has 0 fully saturated rings. The van der Waals surface area contributed by atoms with Gasteiger partial charge in [0.1, 0.15) is 0 Å². The SMILES string of the molecule is CCc1cccc(CC)c1-n1nc2c(c1-c1ccc(C)c3[nH]ccc13)CN(c1ncccn1)CC2. The molecule has 3 aromatic heterocycles. The number of aromatic amines is 1. The third-order valence-electron chi connectivity index (χ3n) is 7.23. The van der Waals surface area contributed by atoms with Gasteiger partial charge in [-0.1, -0.05) is 44.2 Å². The van der Waals surface area contributed by atoms with Crippen molar-refractivity contribution in [2.75, 3.05) is 11.4 Å². The summed E-state index contributed by atoms with van der Waals surface area (Å²) >= 11 is 0. The Morgan fingerprint density at radius 3 is 2.46 bits per heavy atom. The van der Waals surface area contributed by atoms with E-state index in [9.17, 15) is 0 Å². The van der Waals surface area contributed by atoms with Crippen molar-refractivity contribution in [1.82, 2.24) is 24.7 Å². The molecule has 4 heterocycles. The van der Waals surface area contributed by atoms with E-state index in [1.165, 1.54) is 55.8 Å². The predicted octanol–water partition coefficient (Wildman–Crippen LogP) is 5.81. The first-order chi connectivity index (χ1) is 17.2. The molecule has 6 nitrogen and oxygen atoms in total. The molecule has 35 heavy (non-hydrogen) atoms. The number of H-pyrrole nitrogens is 1. The highest BCUT2D eigenvalue weighted by Gasteiger charge is 2.29. The molecule has 5 aromatic rings. The van der Waals surface area contributed by atoms with E-state index in [2.05, 4.69) is 81.7 Å². The molecule has 0 saturated heterocycles. The third-order valence-corrected chi connectivity index (χ3v) is 7.23. The molecule has 0 amide bonds. The molecular formula is C29H30N6. The molecule has 1 aliphatic rings. The van der Waals surface area contributed by atoms with E-state index >= 15 is 0 Å². The molecule has 176 valence electrons. The van der Waals surface area contributed by atoms with Crippen molar-refractivity contribution in [2.45, 2.75) is 46.6 Å². The second-order valence-corrected chi connectivity index (χ2v) is 9.23. The lowest BCUT2D eigenvalue weighted by molar-refractivity contribution is 0.694. The molecule has 0 radical (unpaired) electrons. The Hall–Kier alpha value is -3.93. The van der Waals surface area contributed by atoms with Crippen LogP contribution >= 0.6 is 0 Å². The second-order valence-electron chi connectivity index (χ2n) is 9.23. The van der Waals surface area contributed by atoms with Gasteiger partial charge >= 0.3 is 0 Å². The average molecular weight is 463 g/mol. The topological polar surface area (TPSA) is 62.6 Å². The van der Waals surface area contributed by atoms with Crippen molar-refractivity contribution in [3.8, 4) is 16.9 Å². The van der Waals surface area contributed by atoms with Gasteiger partial charge in [-0.05, 0) is 48.6 Å². The van der Waals surface area contributed by atoms with Gasteiger partial charge in [-0.3, -0.25) is 0 Å². The van der Waals surface area contributed by atoms with Gasteiger partial charge in [0.15, 0.2) is 0 Å². The number of aromatic nitrogens is 5. The molecule has 0 aliphatic carbocycles. The molecule has 0 unspecified atom stereocenters. The number of hydrogen-bond donors (Lipinski definition) is 1. The number of rotatable bonds is 5. The van der Waals surface area contributed by atoms with Crippen molar-refractivity contribution in [3.05, 3.63) is 89.0 Å². The van der Waals surface area contributed by atoms with Crippen LogP contribution in [-0.4, -0.2) is 31.3 Å². The van der Waals surface area contributed by atoms with Crippen LogP contribution in [0.25, 0.3) is 27.8 Å². The first-order valence-electron chi connectivity index (χ1n) is 12.5. The summed E-state index contributed by atoms with van der Waals surface area (Å²) in [5.74, 6) is 0.774. The van der Waals surface area contributed by atoms with Crippen LogP contribution in [0.15, 0.2) is 61.1 Å². The van der Waals surface area contributed by atoms with Crippen LogP contribution in [0.4, 0.5) is 5.95 Å². The van der Waals surface area contributed by atoms with E-state index in [1.54, 1.807) is 0 Å². The Balaban J connectivity index is 1.63. The molecule has 0 spiro atoms. The van der Waals surface area contributed by atoms with Gasteiger partial charge in [0.05, 0.1) is 17.1 Å². The maximum Gasteiger partial charge on any atom is 0.225 e. The molecule has 6 rings (SSSR count). The minimum absolute atomic E-state index is 0.740. The zero-order chi connectivity index (χ0) is 23.9. The van der Waals surface area contributed by atoms with Crippen LogP contribution in [-0.2, 0) is 25.8 Å². The summed E-state index contributed by atoms with van der Waals surface area (Å²) in [6.07, 6.45) is 8.46.